The molecule has 0 spiro atoms. The summed E-state index contributed by atoms with van der Waals surface area (Å²) in [6, 6.07) is 7.44. The van der Waals surface area contributed by atoms with Crippen LogP contribution in [-0.2, 0) is 0 Å². The van der Waals surface area contributed by atoms with Crippen LogP contribution in [0.5, 0.6) is 5.75 Å². The topological polar surface area (TPSA) is 91.4 Å². The van der Waals surface area contributed by atoms with Crippen molar-refractivity contribution in [1.82, 2.24) is 20.2 Å². The highest BCUT2D eigenvalue weighted by atomic mass is 16.5. The van der Waals surface area contributed by atoms with Crippen LogP contribution in [0.1, 0.15) is 28.9 Å². The lowest BCUT2D eigenvalue weighted by atomic mass is 10.0. The van der Waals surface area contributed by atoms with Crippen LogP contribution >= 0.6 is 0 Å². The molecule has 1 aromatic heterocycles. The number of ether oxygens (including phenoxy) is 1. The first-order chi connectivity index (χ1) is 13.5. The molecule has 2 heterocycles. The van der Waals surface area contributed by atoms with E-state index in [4.69, 9.17) is 4.74 Å². The quantitative estimate of drug-likeness (QED) is 0.704. The summed E-state index contributed by atoms with van der Waals surface area (Å²) in [5.74, 6) is 1.60. The van der Waals surface area contributed by atoms with Gasteiger partial charge in [0.05, 0.1) is 12.7 Å². The maximum absolute atomic E-state index is 12.9. The van der Waals surface area contributed by atoms with Crippen molar-refractivity contribution in [2.24, 2.45) is 0 Å². The third kappa shape index (κ3) is 4.89. The minimum atomic E-state index is -0.129. The lowest BCUT2D eigenvalue weighted by Gasteiger charge is -2.29. The smallest absolute Gasteiger partial charge is 0.255 e. The van der Waals surface area contributed by atoms with Crippen LogP contribution in [0.15, 0.2) is 24.3 Å². The van der Waals surface area contributed by atoms with Crippen molar-refractivity contribution in [3.05, 3.63) is 35.5 Å². The van der Waals surface area contributed by atoms with Crippen molar-refractivity contribution in [1.29, 1.82) is 0 Å². The first-order valence-electron chi connectivity index (χ1n) is 9.46. The largest absolute Gasteiger partial charge is 0.496 e. The summed E-state index contributed by atoms with van der Waals surface area (Å²) in [5, 5.41) is 9.32. The normalized spacial score (nSPS) is 15.1. The van der Waals surface area contributed by atoms with Gasteiger partial charge in [-0.25, -0.2) is 4.98 Å². The van der Waals surface area contributed by atoms with Crippen molar-refractivity contribution in [2.45, 2.75) is 25.8 Å². The molecular weight excluding hydrogens is 356 g/mol. The summed E-state index contributed by atoms with van der Waals surface area (Å²) in [5.41, 5.74) is 2.06. The van der Waals surface area contributed by atoms with Crippen molar-refractivity contribution >= 4 is 23.4 Å². The van der Waals surface area contributed by atoms with Crippen molar-refractivity contribution in [2.75, 3.05) is 44.9 Å². The standard InChI is InChI=1S/C20H28N6O2/c1-13-11-18(21-2)25-20(22-13)24-15-5-6-17(28-4)16(12-15)19(27)23-14-7-9-26(3)10-8-14/h5-6,11-12,14H,7-10H2,1-4H3,(H,23,27)(H2,21,22,24,25). The van der Waals surface area contributed by atoms with Gasteiger partial charge in [0.2, 0.25) is 5.95 Å². The van der Waals surface area contributed by atoms with E-state index in [2.05, 4.69) is 37.9 Å². The Labute approximate surface area is 165 Å². The third-order valence-corrected chi connectivity index (χ3v) is 4.86. The van der Waals surface area contributed by atoms with Crippen molar-refractivity contribution in [3.63, 3.8) is 0 Å². The minimum Gasteiger partial charge on any atom is -0.496 e. The van der Waals surface area contributed by atoms with Gasteiger partial charge in [-0.15, -0.1) is 0 Å². The Hall–Kier alpha value is -2.87. The zero-order valence-electron chi connectivity index (χ0n) is 16.9. The van der Waals surface area contributed by atoms with E-state index in [0.717, 1.165) is 43.1 Å². The fraction of sp³-hybridized carbons (Fsp3) is 0.450. The van der Waals surface area contributed by atoms with Gasteiger partial charge in [-0.3, -0.25) is 4.79 Å². The summed E-state index contributed by atoms with van der Waals surface area (Å²) in [6.07, 6.45) is 1.90. The maximum Gasteiger partial charge on any atom is 0.255 e. The molecule has 1 amide bonds. The van der Waals surface area contributed by atoms with E-state index in [-0.39, 0.29) is 11.9 Å². The first-order valence-corrected chi connectivity index (χ1v) is 9.46. The molecule has 1 saturated heterocycles. The van der Waals surface area contributed by atoms with E-state index in [0.29, 0.717) is 17.3 Å². The molecule has 3 N–H and O–H groups in total. The zero-order valence-corrected chi connectivity index (χ0v) is 16.9. The van der Waals surface area contributed by atoms with Gasteiger partial charge in [0.1, 0.15) is 11.6 Å². The molecule has 0 saturated carbocycles. The number of carbonyl (C=O) groups is 1. The molecule has 150 valence electrons. The van der Waals surface area contributed by atoms with Crippen LogP contribution in [0.2, 0.25) is 0 Å². The number of hydrogen-bond acceptors (Lipinski definition) is 7. The van der Waals surface area contributed by atoms with E-state index >= 15 is 0 Å². The highest BCUT2D eigenvalue weighted by Gasteiger charge is 2.21. The van der Waals surface area contributed by atoms with Gasteiger partial charge in [-0.1, -0.05) is 0 Å². The fourth-order valence-corrected chi connectivity index (χ4v) is 3.26. The molecule has 0 unspecified atom stereocenters. The molecule has 0 bridgehead atoms. The second kappa shape index (κ2) is 8.88. The second-order valence-electron chi connectivity index (χ2n) is 7.06. The number of piperidine rings is 1. The second-order valence-corrected chi connectivity index (χ2v) is 7.06. The highest BCUT2D eigenvalue weighted by molar-refractivity contribution is 5.98. The van der Waals surface area contributed by atoms with E-state index in [9.17, 15) is 4.79 Å². The van der Waals surface area contributed by atoms with Gasteiger partial charge in [0.25, 0.3) is 5.91 Å². The number of anilines is 3. The van der Waals surface area contributed by atoms with Crippen LogP contribution in [-0.4, -0.2) is 61.1 Å². The Bertz CT molecular complexity index is 833. The zero-order chi connectivity index (χ0) is 20.1. The number of aromatic nitrogens is 2. The molecule has 1 fully saturated rings. The number of likely N-dealkylation sites (tertiary alicyclic amines) is 1. The number of hydrogen-bond donors (Lipinski definition) is 3. The van der Waals surface area contributed by atoms with E-state index in [1.54, 1.807) is 19.2 Å². The van der Waals surface area contributed by atoms with Crippen LogP contribution in [0.3, 0.4) is 0 Å². The Balaban J connectivity index is 1.78. The first kappa shape index (κ1) is 19.9. The fourth-order valence-electron chi connectivity index (χ4n) is 3.26. The summed E-state index contributed by atoms with van der Waals surface area (Å²) >= 11 is 0. The lowest BCUT2D eigenvalue weighted by Crippen LogP contribution is -2.43. The van der Waals surface area contributed by atoms with Gasteiger partial charge in [0, 0.05) is 30.5 Å². The van der Waals surface area contributed by atoms with Gasteiger partial charge >= 0.3 is 0 Å². The SMILES string of the molecule is CNc1cc(C)nc(Nc2ccc(OC)c(C(=O)NC3CCN(C)CC3)c2)n1. The number of carbonyl (C=O) groups excluding carboxylic acids is 1. The number of methoxy groups -OCH3 is 1. The van der Waals surface area contributed by atoms with Crippen LogP contribution in [0, 0.1) is 6.92 Å². The number of nitrogens with one attached hydrogen (secondary N) is 3. The molecule has 0 atom stereocenters. The molecule has 28 heavy (non-hydrogen) atoms. The third-order valence-electron chi connectivity index (χ3n) is 4.86. The van der Waals surface area contributed by atoms with Crippen LogP contribution < -0.4 is 20.7 Å². The van der Waals surface area contributed by atoms with E-state index in [1.807, 2.05) is 26.1 Å². The molecule has 1 aliphatic rings. The molecule has 0 radical (unpaired) electrons. The molecule has 2 aromatic rings. The Morgan fingerprint density at radius 3 is 2.64 bits per heavy atom. The van der Waals surface area contributed by atoms with Crippen molar-refractivity contribution < 1.29 is 9.53 Å². The summed E-state index contributed by atoms with van der Waals surface area (Å²) in [7, 11) is 5.48. The lowest BCUT2D eigenvalue weighted by molar-refractivity contribution is 0.0914. The summed E-state index contributed by atoms with van der Waals surface area (Å²) in [6.45, 7) is 3.88. The average Bonchev–Trinajstić information content (AvgIpc) is 2.69. The number of aryl methyl sites for hydroxylation is 1. The Morgan fingerprint density at radius 2 is 1.96 bits per heavy atom. The van der Waals surface area contributed by atoms with Gasteiger partial charge in [0.15, 0.2) is 0 Å². The highest BCUT2D eigenvalue weighted by Crippen LogP contribution is 2.25. The summed E-state index contributed by atoms with van der Waals surface area (Å²) < 4.78 is 5.40. The van der Waals surface area contributed by atoms with Crippen LogP contribution in [0.4, 0.5) is 17.5 Å². The van der Waals surface area contributed by atoms with Gasteiger partial charge < -0.3 is 25.6 Å². The monoisotopic (exact) mass is 384 g/mol. The van der Waals surface area contributed by atoms with Crippen LogP contribution in [0.25, 0.3) is 0 Å². The molecule has 1 aliphatic heterocycles. The predicted octanol–water partition coefficient (Wildman–Crippen LogP) is 2.40. The molecule has 3 rings (SSSR count). The maximum atomic E-state index is 12.9. The molecule has 8 nitrogen and oxygen atoms in total. The summed E-state index contributed by atoms with van der Waals surface area (Å²) in [4.78, 5) is 23.9. The molecule has 1 aromatic carbocycles. The van der Waals surface area contributed by atoms with Gasteiger partial charge in [-0.2, -0.15) is 4.98 Å². The number of nitrogens with zero attached hydrogens (tertiary/aromatic N) is 3. The number of benzene rings is 1. The Kier molecular flexibility index (Phi) is 6.30. The van der Waals surface area contributed by atoms with E-state index in [1.165, 1.54) is 0 Å². The molecule has 8 heteroatoms. The minimum absolute atomic E-state index is 0.129. The van der Waals surface area contributed by atoms with Crippen molar-refractivity contribution in [3.8, 4) is 5.75 Å². The average molecular weight is 384 g/mol. The molecular formula is C20H28N6O2. The predicted molar refractivity (Wildman–Crippen MR) is 111 cm³/mol. The molecule has 0 aliphatic carbocycles. The Morgan fingerprint density at radius 1 is 1.21 bits per heavy atom. The number of amides is 1. The number of rotatable bonds is 6. The van der Waals surface area contributed by atoms with Gasteiger partial charge in [-0.05, 0) is 58.1 Å². The van der Waals surface area contributed by atoms with E-state index < -0.39 is 0 Å².